The van der Waals surface area contributed by atoms with Gasteiger partial charge in [-0.2, -0.15) is 5.26 Å². The van der Waals surface area contributed by atoms with E-state index < -0.39 is 0 Å². The molecule has 0 aliphatic carbocycles. The molecule has 0 saturated heterocycles. The predicted molar refractivity (Wildman–Crippen MR) is 220 cm³/mol. The second kappa shape index (κ2) is 12.5. The number of para-hydroxylation sites is 1. The van der Waals surface area contributed by atoms with Crippen molar-refractivity contribution in [2.45, 2.75) is 0 Å². The fraction of sp³-hybridized carbons (Fsp3) is 0. The number of nitrogens with zero attached hydrogens (tertiary/aromatic N) is 3. The summed E-state index contributed by atoms with van der Waals surface area (Å²) in [5.41, 5.74) is 12.4. The van der Waals surface area contributed by atoms with Crippen molar-refractivity contribution in [2.24, 2.45) is 0 Å². The van der Waals surface area contributed by atoms with E-state index in [1.807, 2.05) is 24.4 Å². The highest BCUT2D eigenvalue weighted by atomic mass is 15.0. The van der Waals surface area contributed by atoms with Crippen LogP contribution in [0.3, 0.4) is 0 Å². The lowest BCUT2D eigenvalue weighted by Crippen LogP contribution is -1.97. The molecule has 2 heterocycles. The largest absolute Gasteiger partial charge is 0.294 e. The van der Waals surface area contributed by atoms with Gasteiger partial charge in [0.15, 0.2) is 0 Å². The van der Waals surface area contributed by atoms with E-state index in [1.165, 1.54) is 38.2 Å². The number of benzene rings is 8. The van der Waals surface area contributed by atoms with E-state index in [0.29, 0.717) is 5.56 Å². The van der Waals surface area contributed by atoms with Gasteiger partial charge in [-0.1, -0.05) is 127 Å². The number of rotatable bonds is 5. The maximum Gasteiger partial charge on any atom is 0.145 e. The zero-order valence-electron chi connectivity index (χ0n) is 28.7. The summed E-state index contributed by atoms with van der Waals surface area (Å²) < 4.78 is 2.18. The van der Waals surface area contributed by atoms with Crippen LogP contribution in [-0.2, 0) is 0 Å². The Balaban J connectivity index is 1.27. The molecule has 2 aromatic heterocycles. The second-order valence-electron chi connectivity index (χ2n) is 13.5. The normalized spacial score (nSPS) is 11.4. The van der Waals surface area contributed by atoms with Gasteiger partial charge in [-0.05, 0) is 121 Å². The van der Waals surface area contributed by atoms with E-state index >= 15 is 0 Å². The van der Waals surface area contributed by atoms with Gasteiger partial charge in [-0.25, -0.2) is 4.98 Å². The van der Waals surface area contributed by atoms with Crippen LogP contribution in [0.15, 0.2) is 188 Å². The first kappa shape index (κ1) is 30.5. The second-order valence-corrected chi connectivity index (χ2v) is 13.5. The average Bonchev–Trinajstić information content (AvgIpc) is 3.57. The van der Waals surface area contributed by atoms with Crippen molar-refractivity contribution in [3.05, 3.63) is 194 Å². The molecule has 0 bridgehead atoms. The number of pyridine rings is 1. The van der Waals surface area contributed by atoms with Crippen molar-refractivity contribution in [1.29, 1.82) is 5.26 Å². The van der Waals surface area contributed by atoms with Crippen molar-refractivity contribution in [1.82, 2.24) is 9.55 Å². The summed E-state index contributed by atoms with van der Waals surface area (Å²) in [6.45, 7) is 0. The molecular weight excluding hydrogens is 643 g/mol. The van der Waals surface area contributed by atoms with Crippen LogP contribution in [0.1, 0.15) is 5.56 Å². The van der Waals surface area contributed by atoms with Gasteiger partial charge < -0.3 is 0 Å². The minimum atomic E-state index is 0.592. The maximum atomic E-state index is 10.4. The van der Waals surface area contributed by atoms with Gasteiger partial charge >= 0.3 is 0 Å². The summed E-state index contributed by atoms with van der Waals surface area (Å²) in [5.74, 6) is 0. The lowest BCUT2D eigenvalue weighted by atomic mass is 9.84. The third-order valence-electron chi connectivity index (χ3n) is 10.4. The Bertz CT molecular complexity index is 2950. The van der Waals surface area contributed by atoms with Gasteiger partial charge in [0.25, 0.3) is 0 Å². The van der Waals surface area contributed by atoms with Gasteiger partial charge in [0.1, 0.15) is 5.65 Å². The minimum absolute atomic E-state index is 0.592. The smallest absolute Gasteiger partial charge is 0.145 e. The Labute approximate surface area is 307 Å². The number of hydrogen-bond donors (Lipinski definition) is 0. The number of fused-ring (bicyclic) bond motifs is 5. The summed E-state index contributed by atoms with van der Waals surface area (Å²) in [5, 5.41) is 17.4. The Hall–Kier alpha value is -7.28. The maximum absolute atomic E-state index is 10.4. The average molecular weight is 674 g/mol. The first-order valence-electron chi connectivity index (χ1n) is 17.8. The van der Waals surface area contributed by atoms with Crippen LogP contribution in [-0.4, -0.2) is 9.55 Å². The summed E-state index contributed by atoms with van der Waals surface area (Å²) in [6.07, 6.45) is 1.83. The van der Waals surface area contributed by atoms with Crippen LogP contribution >= 0.6 is 0 Å². The SMILES string of the molecule is N#Cc1cc(-c2cc(-c3ccccc3)cc(-c3c4ccccc4c(-c4ccccc4)c4ccccc34)c2)cc(-n2c3ccccc3c3cccnc32)c1. The highest BCUT2D eigenvalue weighted by molar-refractivity contribution is 6.21. The van der Waals surface area contributed by atoms with Crippen LogP contribution in [0, 0.1) is 11.3 Å². The zero-order chi connectivity index (χ0) is 35.3. The van der Waals surface area contributed by atoms with Crippen molar-refractivity contribution < 1.29 is 0 Å². The lowest BCUT2D eigenvalue weighted by Gasteiger charge is -2.19. The number of nitriles is 1. The van der Waals surface area contributed by atoms with Crippen LogP contribution in [0.25, 0.3) is 93.7 Å². The standard InChI is InChI=1S/C50H31N3/c51-32-33-26-36(31-40(27-33)53-47-24-12-11-18-41(47)46-23-13-25-52-50(46)53)38-28-37(34-14-3-1-4-15-34)29-39(30-38)49-44-21-9-7-19-42(44)48(35-16-5-2-6-17-35)43-20-8-10-22-45(43)49/h1-31H. The van der Waals surface area contributed by atoms with E-state index in [-0.39, 0.29) is 0 Å². The van der Waals surface area contributed by atoms with Crippen molar-refractivity contribution in [3.63, 3.8) is 0 Å². The first-order chi connectivity index (χ1) is 26.2. The quantitative estimate of drug-likeness (QED) is 0.171. The molecular formula is C50H31N3. The van der Waals surface area contributed by atoms with E-state index in [2.05, 4.69) is 174 Å². The molecule has 10 aromatic rings. The Morgan fingerprint density at radius 1 is 0.396 bits per heavy atom. The highest BCUT2D eigenvalue weighted by Gasteiger charge is 2.19. The molecule has 0 radical (unpaired) electrons. The van der Waals surface area contributed by atoms with Crippen LogP contribution < -0.4 is 0 Å². The Morgan fingerprint density at radius 3 is 1.53 bits per heavy atom. The van der Waals surface area contributed by atoms with Crippen molar-refractivity contribution in [3.8, 4) is 56.3 Å². The molecule has 0 N–H and O–H groups in total. The third kappa shape index (κ3) is 5.08. The van der Waals surface area contributed by atoms with Crippen molar-refractivity contribution in [2.75, 3.05) is 0 Å². The summed E-state index contributed by atoms with van der Waals surface area (Å²) >= 11 is 0. The van der Waals surface area contributed by atoms with Gasteiger partial charge in [0.2, 0.25) is 0 Å². The van der Waals surface area contributed by atoms with E-state index in [0.717, 1.165) is 55.4 Å². The molecule has 0 aliphatic heterocycles. The zero-order valence-corrected chi connectivity index (χ0v) is 28.7. The van der Waals surface area contributed by atoms with Gasteiger partial charge in [-0.3, -0.25) is 4.57 Å². The van der Waals surface area contributed by atoms with Gasteiger partial charge in [0.05, 0.1) is 17.1 Å². The molecule has 3 nitrogen and oxygen atoms in total. The number of hydrogen-bond acceptors (Lipinski definition) is 2. The molecule has 0 aliphatic rings. The third-order valence-corrected chi connectivity index (χ3v) is 10.4. The van der Waals surface area contributed by atoms with Crippen LogP contribution in [0.2, 0.25) is 0 Å². The predicted octanol–water partition coefficient (Wildman–Crippen LogP) is 13.0. The molecule has 10 rings (SSSR count). The monoisotopic (exact) mass is 673 g/mol. The molecule has 0 saturated carbocycles. The summed E-state index contributed by atoms with van der Waals surface area (Å²) in [4.78, 5) is 4.83. The molecule has 53 heavy (non-hydrogen) atoms. The molecule has 246 valence electrons. The van der Waals surface area contributed by atoms with Crippen LogP contribution in [0.4, 0.5) is 0 Å². The van der Waals surface area contributed by atoms with Gasteiger partial charge in [-0.15, -0.1) is 0 Å². The lowest BCUT2D eigenvalue weighted by molar-refractivity contribution is 1.13. The minimum Gasteiger partial charge on any atom is -0.294 e. The summed E-state index contributed by atoms with van der Waals surface area (Å²) in [7, 11) is 0. The number of aromatic nitrogens is 2. The van der Waals surface area contributed by atoms with Crippen molar-refractivity contribution >= 4 is 43.5 Å². The summed E-state index contributed by atoms with van der Waals surface area (Å²) in [6, 6.07) is 66.8. The first-order valence-corrected chi connectivity index (χ1v) is 17.8. The molecule has 0 fully saturated rings. The molecule has 0 spiro atoms. The van der Waals surface area contributed by atoms with E-state index in [4.69, 9.17) is 4.98 Å². The highest BCUT2D eigenvalue weighted by Crippen LogP contribution is 2.45. The molecule has 0 atom stereocenters. The molecule has 8 aromatic carbocycles. The fourth-order valence-corrected chi connectivity index (χ4v) is 8.12. The van der Waals surface area contributed by atoms with Crippen LogP contribution in [0.5, 0.6) is 0 Å². The molecule has 0 amide bonds. The Morgan fingerprint density at radius 2 is 0.887 bits per heavy atom. The Kier molecular flexibility index (Phi) is 7.20. The van der Waals surface area contributed by atoms with E-state index in [1.54, 1.807) is 0 Å². The van der Waals surface area contributed by atoms with Gasteiger partial charge in [0, 0.05) is 22.7 Å². The molecule has 3 heteroatoms. The fourth-order valence-electron chi connectivity index (χ4n) is 8.12. The topological polar surface area (TPSA) is 41.6 Å². The van der Waals surface area contributed by atoms with E-state index in [9.17, 15) is 5.26 Å². The molecule has 0 unspecified atom stereocenters.